The van der Waals surface area contributed by atoms with Crippen LogP contribution in [0, 0.1) is 0 Å². The Hall–Kier alpha value is -0.510. The standard InChI is InChI=1S/C17H28N2S/c1-3-8-16-13-18-17(15-9-5-4-6-10-15)14-19(16)11-7-12-20-2/h4-6,9-10,16-18H,3,7-8,11-14H2,1-2H3. The Labute approximate surface area is 128 Å². The van der Waals surface area contributed by atoms with Crippen LogP contribution in [0.15, 0.2) is 30.3 Å². The molecule has 2 rings (SSSR count). The quantitative estimate of drug-likeness (QED) is 0.774. The minimum Gasteiger partial charge on any atom is -0.307 e. The first kappa shape index (κ1) is 15.9. The summed E-state index contributed by atoms with van der Waals surface area (Å²) in [6.45, 7) is 5.83. The van der Waals surface area contributed by atoms with Crippen molar-refractivity contribution in [3.05, 3.63) is 35.9 Å². The van der Waals surface area contributed by atoms with E-state index in [0.717, 1.165) is 19.1 Å². The van der Waals surface area contributed by atoms with Gasteiger partial charge in [-0.15, -0.1) is 0 Å². The van der Waals surface area contributed by atoms with Gasteiger partial charge in [-0.1, -0.05) is 43.7 Å². The van der Waals surface area contributed by atoms with Crippen LogP contribution in [0.5, 0.6) is 0 Å². The molecule has 112 valence electrons. The molecule has 1 saturated heterocycles. The lowest BCUT2D eigenvalue weighted by Crippen LogP contribution is -2.52. The molecule has 0 spiro atoms. The molecular weight excluding hydrogens is 264 g/mol. The van der Waals surface area contributed by atoms with Gasteiger partial charge in [-0.25, -0.2) is 0 Å². The molecule has 0 radical (unpaired) electrons. The Kier molecular flexibility index (Phi) is 6.91. The van der Waals surface area contributed by atoms with Crippen LogP contribution >= 0.6 is 11.8 Å². The van der Waals surface area contributed by atoms with E-state index in [2.05, 4.69) is 53.7 Å². The molecular formula is C17H28N2S. The molecule has 1 aliphatic heterocycles. The summed E-state index contributed by atoms with van der Waals surface area (Å²) in [4.78, 5) is 2.72. The molecule has 2 atom stereocenters. The molecule has 1 aromatic rings. The molecule has 3 heteroatoms. The first-order valence-corrected chi connectivity index (χ1v) is 9.25. The molecule has 20 heavy (non-hydrogen) atoms. The number of hydrogen-bond donors (Lipinski definition) is 1. The van der Waals surface area contributed by atoms with Crippen LogP contribution in [0.4, 0.5) is 0 Å². The molecule has 0 aromatic heterocycles. The molecule has 1 N–H and O–H groups in total. The van der Waals surface area contributed by atoms with Crippen molar-refractivity contribution in [1.82, 2.24) is 10.2 Å². The van der Waals surface area contributed by atoms with Crippen LogP contribution in [-0.2, 0) is 0 Å². The third-order valence-electron chi connectivity index (χ3n) is 4.15. The molecule has 1 heterocycles. The van der Waals surface area contributed by atoms with Crippen LogP contribution in [0.3, 0.4) is 0 Å². The van der Waals surface area contributed by atoms with Crippen LogP contribution in [0.25, 0.3) is 0 Å². The highest BCUT2D eigenvalue weighted by Crippen LogP contribution is 2.22. The van der Waals surface area contributed by atoms with Gasteiger partial charge >= 0.3 is 0 Å². The van der Waals surface area contributed by atoms with Crippen molar-refractivity contribution in [3.8, 4) is 0 Å². The summed E-state index contributed by atoms with van der Waals surface area (Å²) in [6.07, 6.45) is 6.10. The van der Waals surface area contributed by atoms with Gasteiger partial charge in [-0.05, 0) is 37.0 Å². The van der Waals surface area contributed by atoms with E-state index in [4.69, 9.17) is 0 Å². The van der Waals surface area contributed by atoms with Gasteiger partial charge in [0.05, 0.1) is 0 Å². The highest BCUT2D eigenvalue weighted by molar-refractivity contribution is 7.98. The average molecular weight is 292 g/mol. The molecule has 1 aromatic carbocycles. The maximum Gasteiger partial charge on any atom is 0.0449 e. The van der Waals surface area contributed by atoms with Crippen LogP contribution in [-0.4, -0.2) is 42.6 Å². The Balaban J connectivity index is 1.95. The summed E-state index contributed by atoms with van der Waals surface area (Å²) in [5, 5.41) is 3.74. The number of nitrogens with zero attached hydrogens (tertiary/aromatic N) is 1. The average Bonchev–Trinajstić information content (AvgIpc) is 2.50. The van der Waals surface area contributed by atoms with Gasteiger partial charge in [-0.2, -0.15) is 11.8 Å². The van der Waals surface area contributed by atoms with Gasteiger partial charge in [0.15, 0.2) is 0 Å². The summed E-state index contributed by atoms with van der Waals surface area (Å²) in [5.41, 5.74) is 1.43. The summed E-state index contributed by atoms with van der Waals surface area (Å²) in [5.74, 6) is 1.28. The van der Waals surface area contributed by atoms with Crippen molar-refractivity contribution >= 4 is 11.8 Å². The van der Waals surface area contributed by atoms with E-state index in [9.17, 15) is 0 Å². The first-order valence-electron chi connectivity index (χ1n) is 7.86. The molecule has 2 nitrogen and oxygen atoms in total. The topological polar surface area (TPSA) is 15.3 Å². The third kappa shape index (κ3) is 4.51. The van der Waals surface area contributed by atoms with Crippen molar-refractivity contribution in [1.29, 1.82) is 0 Å². The number of thioether (sulfide) groups is 1. The largest absolute Gasteiger partial charge is 0.307 e. The molecule has 2 unspecified atom stereocenters. The Morgan fingerprint density at radius 2 is 2.10 bits per heavy atom. The predicted octanol–water partition coefficient (Wildman–Crippen LogP) is 3.55. The zero-order valence-corrected chi connectivity index (χ0v) is 13.7. The zero-order valence-electron chi connectivity index (χ0n) is 12.8. The molecule has 0 bridgehead atoms. The van der Waals surface area contributed by atoms with E-state index in [-0.39, 0.29) is 0 Å². The van der Waals surface area contributed by atoms with Gasteiger partial charge < -0.3 is 5.32 Å². The second-order valence-corrected chi connectivity index (χ2v) is 6.64. The van der Waals surface area contributed by atoms with Crippen LogP contribution in [0.1, 0.15) is 37.8 Å². The first-order chi connectivity index (χ1) is 9.85. The van der Waals surface area contributed by atoms with E-state index in [1.807, 2.05) is 11.8 Å². The highest BCUT2D eigenvalue weighted by atomic mass is 32.2. The van der Waals surface area contributed by atoms with Crippen molar-refractivity contribution in [2.45, 2.75) is 38.3 Å². The summed E-state index contributed by atoms with van der Waals surface area (Å²) < 4.78 is 0. The fraction of sp³-hybridized carbons (Fsp3) is 0.647. The van der Waals surface area contributed by atoms with Gasteiger partial charge in [0, 0.05) is 25.2 Å². The number of piperazine rings is 1. The van der Waals surface area contributed by atoms with Crippen LogP contribution in [0.2, 0.25) is 0 Å². The fourth-order valence-corrected chi connectivity index (χ4v) is 3.49. The van der Waals surface area contributed by atoms with E-state index >= 15 is 0 Å². The van der Waals surface area contributed by atoms with Gasteiger partial charge in [0.25, 0.3) is 0 Å². The molecule has 0 saturated carbocycles. The fourth-order valence-electron chi connectivity index (χ4n) is 3.07. The number of benzene rings is 1. The minimum absolute atomic E-state index is 0.499. The lowest BCUT2D eigenvalue weighted by atomic mass is 9.99. The Bertz CT molecular complexity index is 369. The van der Waals surface area contributed by atoms with Crippen molar-refractivity contribution < 1.29 is 0 Å². The molecule has 0 amide bonds. The van der Waals surface area contributed by atoms with E-state index in [0.29, 0.717) is 6.04 Å². The predicted molar refractivity (Wildman–Crippen MR) is 90.5 cm³/mol. The smallest absolute Gasteiger partial charge is 0.0449 e. The summed E-state index contributed by atoms with van der Waals surface area (Å²) in [6, 6.07) is 12.1. The van der Waals surface area contributed by atoms with Gasteiger partial charge in [-0.3, -0.25) is 4.90 Å². The summed E-state index contributed by atoms with van der Waals surface area (Å²) >= 11 is 1.96. The van der Waals surface area contributed by atoms with E-state index in [1.54, 1.807) is 0 Å². The lowest BCUT2D eigenvalue weighted by Gasteiger charge is -2.40. The SMILES string of the molecule is CCCC1CNC(c2ccccc2)CN1CCCSC. The molecule has 1 fully saturated rings. The van der Waals surface area contributed by atoms with Crippen LogP contribution < -0.4 is 5.32 Å². The lowest BCUT2D eigenvalue weighted by molar-refractivity contribution is 0.123. The Morgan fingerprint density at radius 1 is 1.30 bits per heavy atom. The zero-order chi connectivity index (χ0) is 14.2. The normalized spacial score (nSPS) is 23.9. The van der Waals surface area contributed by atoms with E-state index < -0.39 is 0 Å². The molecule has 1 aliphatic rings. The second-order valence-electron chi connectivity index (χ2n) is 5.66. The number of rotatable bonds is 7. The van der Waals surface area contributed by atoms with Crippen molar-refractivity contribution in [2.24, 2.45) is 0 Å². The highest BCUT2D eigenvalue weighted by Gasteiger charge is 2.27. The van der Waals surface area contributed by atoms with Gasteiger partial charge in [0.2, 0.25) is 0 Å². The Morgan fingerprint density at radius 3 is 2.80 bits per heavy atom. The van der Waals surface area contributed by atoms with Crippen molar-refractivity contribution in [3.63, 3.8) is 0 Å². The maximum atomic E-state index is 3.74. The monoisotopic (exact) mass is 292 g/mol. The van der Waals surface area contributed by atoms with E-state index in [1.165, 1.54) is 37.1 Å². The minimum atomic E-state index is 0.499. The number of nitrogens with one attached hydrogen (secondary N) is 1. The maximum absolute atomic E-state index is 3.74. The third-order valence-corrected chi connectivity index (χ3v) is 4.85. The van der Waals surface area contributed by atoms with Gasteiger partial charge in [0.1, 0.15) is 0 Å². The second kappa shape index (κ2) is 8.71. The summed E-state index contributed by atoms with van der Waals surface area (Å²) in [7, 11) is 0. The van der Waals surface area contributed by atoms with Crippen molar-refractivity contribution in [2.75, 3.05) is 31.6 Å². The molecule has 0 aliphatic carbocycles. The number of hydrogen-bond acceptors (Lipinski definition) is 3.